The van der Waals surface area contributed by atoms with Crippen LogP contribution in [-0.4, -0.2) is 55.0 Å². The molecule has 0 aliphatic heterocycles. The van der Waals surface area contributed by atoms with Gasteiger partial charge in [-0.2, -0.15) is 0 Å². The van der Waals surface area contributed by atoms with Gasteiger partial charge in [-0.3, -0.25) is 29.5 Å². The molecule has 0 aliphatic rings. The summed E-state index contributed by atoms with van der Waals surface area (Å²) in [6, 6.07) is 16.8. The van der Waals surface area contributed by atoms with E-state index in [1.165, 1.54) is 0 Å². The molecule has 3 aromatic rings. The lowest BCUT2D eigenvalue weighted by Gasteiger charge is -2.29. The first kappa shape index (κ1) is 21.5. The van der Waals surface area contributed by atoms with Crippen molar-refractivity contribution in [3.63, 3.8) is 0 Å². The van der Waals surface area contributed by atoms with Crippen LogP contribution in [0.25, 0.3) is 0 Å². The van der Waals surface area contributed by atoms with E-state index in [1.54, 1.807) is 25.5 Å². The van der Waals surface area contributed by atoms with Gasteiger partial charge in [-0.05, 0) is 43.3 Å². The normalized spacial score (nSPS) is 12.2. The van der Waals surface area contributed by atoms with Crippen molar-refractivity contribution < 1.29 is 9.90 Å². The molecule has 3 aromatic heterocycles. The molecule has 7 heteroatoms. The molecule has 0 aliphatic carbocycles. The zero-order valence-electron chi connectivity index (χ0n) is 17.1. The Kier molecular flexibility index (Phi) is 8.00. The molecule has 0 fully saturated rings. The van der Waals surface area contributed by atoms with Gasteiger partial charge in [0, 0.05) is 51.3 Å². The molecule has 0 saturated heterocycles. The maximum absolute atomic E-state index is 11.7. The molecule has 7 nitrogen and oxygen atoms in total. The Labute approximate surface area is 177 Å². The van der Waals surface area contributed by atoms with E-state index in [0.717, 1.165) is 17.1 Å². The first-order valence-corrected chi connectivity index (χ1v) is 10.0. The molecular formula is C23H27N5O2. The summed E-state index contributed by atoms with van der Waals surface area (Å²) in [5, 5.41) is 9.57. The molecule has 1 unspecified atom stereocenters. The largest absolute Gasteiger partial charge is 0.480 e. The minimum absolute atomic E-state index is 0.481. The van der Waals surface area contributed by atoms with Crippen molar-refractivity contribution in [3.05, 3.63) is 90.3 Å². The van der Waals surface area contributed by atoms with Gasteiger partial charge in [0.1, 0.15) is 6.04 Å². The van der Waals surface area contributed by atoms with Crippen LogP contribution in [0, 0.1) is 0 Å². The number of aromatic nitrogens is 3. The van der Waals surface area contributed by atoms with Gasteiger partial charge in [0.05, 0.1) is 17.1 Å². The highest BCUT2D eigenvalue weighted by Gasteiger charge is 2.22. The van der Waals surface area contributed by atoms with Gasteiger partial charge in [-0.15, -0.1) is 0 Å². The number of carbonyl (C=O) groups is 1. The molecule has 156 valence electrons. The highest BCUT2D eigenvalue weighted by atomic mass is 16.4. The van der Waals surface area contributed by atoms with Crippen LogP contribution in [0.1, 0.15) is 24.0 Å². The van der Waals surface area contributed by atoms with E-state index in [4.69, 9.17) is 0 Å². The van der Waals surface area contributed by atoms with Gasteiger partial charge >= 0.3 is 5.97 Å². The lowest BCUT2D eigenvalue weighted by molar-refractivity contribution is -0.143. The molecule has 0 aromatic carbocycles. The zero-order valence-corrected chi connectivity index (χ0v) is 17.1. The zero-order chi connectivity index (χ0) is 21.2. The number of pyridine rings is 3. The van der Waals surface area contributed by atoms with Gasteiger partial charge < -0.3 is 5.11 Å². The number of nitrogens with zero attached hydrogens (tertiary/aromatic N) is 5. The Hall–Kier alpha value is -3.16. The molecule has 0 radical (unpaired) electrons. The fourth-order valence-electron chi connectivity index (χ4n) is 3.19. The molecular weight excluding hydrogens is 378 g/mol. The van der Waals surface area contributed by atoms with Crippen LogP contribution in [0.2, 0.25) is 0 Å². The quantitative estimate of drug-likeness (QED) is 0.525. The second-order valence-electron chi connectivity index (χ2n) is 7.16. The summed E-state index contributed by atoms with van der Waals surface area (Å²) >= 11 is 0. The maximum atomic E-state index is 11.7. The Morgan fingerprint density at radius 3 is 1.67 bits per heavy atom. The lowest BCUT2D eigenvalue weighted by atomic mass is 10.2. The molecule has 3 rings (SSSR count). The van der Waals surface area contributed by atoms with E-state index < -0.39 is 12.0 Å². The molecule has 1 N–H and O–H groups in total. The standard InChI is InChI=1S/C23H27N5O2/c1-19(23(29)30)28(18-22-10-4-7-13-26-22)15-14-27(16-20-8-2-5-11-24-20)17-21-9-3-6-12-25-21/h2-13,19H,14-18H2,1H3,(H,29,30). The van der Waals surface area contributed by atoms with Crippen LogP contribution in [0.15, 0.2) is 73.2 Å². The van der Waals surface area contributed by atoms with E-state index in [2.05, 4.69) is 19.9 Å². The van der Waals surface area contributed by atoms with Gasteiger partial charge in [0.25, 0.3) is 0 Å². The van der Waals surface area contributed by atoms with Gasteiger partial charge in [-0.25, -0.2) is 0 Å². The molecule has 0 amide bonds. The molecule has 3 heterocycles. The van der Waals surface area contributed by atoms with Crippen molar-refractivity contribution in [2.24, 2.45) is 0 Å². The van der Waals surface area contributed by atoms with E-state index in [0.29, 0.717) is 32.7 Å². The van der Waals surface area contributed by atoms with Crippen molar-refractivity contribution in [3.8, 4) is 0 Å². The van der Waals surface area contributed by atoms with Crippen LogP contribution in [0.5, 0.6) is 0 Å². The fraction of sp³-hybridized carbons (Fsp3) is 0.304. The average Bonchev–Trinajstić information content (AvgIpc) is 2.78. The average molecular weight is 406 g/mol. The molecule has 0 bridgehead atoms. The monoisotopic (exact) mass is 405 g/mol. The second-order valence-corrected chi connectivity index (χ2v) is 7.16. The minimum atomic E-state index is -0.841. The Morgan fingerprint density at radius 1 is 0.800 bits per heavy atom. The Bertz CT molecular complexity index is 852. The molecule has 30 heavy (non-hydrogen) atoms. The number of aliphatic carboxylic acids is 1. The van der Waals surface area contributed by atoms with Crippen LogP contribution in [0.3, 0.4) is 0 Å². The summed E-state index contributed by atoms with van der Waals surface area (Å²) in [6.07, 6.45) is 5.30. The van der Waals surface area contributed by atoms with Crippen LogP contribution >= 0.6 is 0 Å². The van der Waals surface area contributed by atoms with E-state index >= 15 is 0 Å². The third kappa shape index (κ3) is 6.72. The molecule has 0 saturated carbocycles. The topological polar surface area (TPSA) is 82.5 Å². The number of hydrogen-bond acceptors (Lipinski definition) is 6. The molecule has 0 spiro atoms. The van der Waals surface area contributed by atoms with E-state index in [9.17, 15) is 9.90 Å². The molecule has 1 atom stereocenters. The summed E-state index contributed by atoms with van der Waals surface area (Å²) in [5.74, 6) is -0.841. The third-order valence-corrected chi connectivity index (χ3v) is 4.92. The highest BCUT2D eigenvalue weighted by Crippen LogP contribution is 2.11. The highest BCUT2D eigenvalue weighted by molar-refractivity contribution is 5.72. The summed E-state index contributed by atoms with van der Waals surface area (Å²) in [7, 11) is 0. The number of rotatable bonds is 11. The minimum Gasteiger partial charge on any atom is -0.480 e. The first-order valence-electron chi connectivity index (χ1n) is 10.0. The van der Waals surface area contributed by atoms with Crippen molar-refractivity contribution in [2.75, 3.05) is 13.1 Å². The number of hydrogen-bond donors (Lipinski definition) is 1. The summed E-state index contributed by atoms with van der Waals surface area (Å²) in [5.41, 5.74) is 2.79. The number of carboxylic acid groups (broad SMARTS) is 1. The predicted octanol–water partition coefficient (Wildman–Crippen LogP) is 2.85. The van der Waals surface area contributed by atoms with Gasteiger partial charge in [0.15, 0.2) is 0 Å². The summed E-state index contributed by atoms with van der Waals surface area (Å²) in [6.45, 7) is 4.79. The van der Waals surface area contributed by atoms with Gasteiger partial charge in [0.2, 0.25) is 0 Å². The van der Waals surface area contributed by atoms with Crippen molar-refractivity contribution in [1.82, 2.24) is 24.8 Å². The van der Waals surface area contributed by atoms with Crippen molar-refractivity contribution in [2.45, 2.75) is 32.6 Å². The van der Waals surface area contributed by atoms with E-state index in [-0.39, 0.29) is 0 Å². The number of carboxylic acids is 1. The summed E-state index contributed by atoms with van der Waals surface area (Å²) in [4.78, 5) is 29.1. The smallest absolute Gasteiger partial charge is 0.320 e. The van der Waals surface area contributed by atoms with Crippen LogP contribution in [-0.2, 0) is 24.4 Å². The predicted molar refractivity (Wildman–Crippen MR) is 114 cm³/mol. The fourth-order valence-corrected chi connectivity index (χ4v) is 3.19. The van der Waals surface area contributed by atoms with Crippen LogP contribution in [0.4, 0.5) is 0 Å². The lowest BCUT2D eigenvalue weighted by Crippen LogP contribution is -2.43. The van der Waals surface area contributed by atoms with Gasteiger partial charge in [-0.1, -0.05) is 18.2 Å². The second kappa shape index (κ2) is 11.1. The third-order valence-electron chi connectivity index (χ3n) is 4.92. The van der Waals surface area contributed by atoms with E-state index in [1.807, 2.05) is 59.5 Å². The SMILES string of the molecule is CC(C(=O)O)N(CCN(Cc1ccccn1)Cc1ccccn1)Cc1ccccn1. The van der Waals surface area contributed by atoms with Crippen LogP contribution < -0.4 is 0 Å². The van der Waals surface area contributed by atoms with Crippen molar-refractivity contribution in [1.29, 1.82) is 0 Å². The Morgan fingerprint density at radius 2 is 1.27 bits per heavy atom. The maximum Gasteiger partial charge on any atom is 0.320 e. The Balaban J connectivity index is 1.72. The summed E-state index contributed by atoms with van der Waals surface area (Å²) < 4.78 is 0. The first-order chi connectivity index (χ1) is 14.6. The van der Waals surface area contributed by atoms with Crippen molar-refractivity contribution >= 4 is 5.97 Å².